The fourth-order valence-corrected chi connectivity index (χ4v) is 1.10. The summed E-state index contributed by atoms with van der Waals surface area (Å²) in [6, 6.07) is 0.317. The van der Waals surface area contributed by atoms with E-state index in [1.165, 1.54) is 0 Å². The van der Waals surface area contributed by atoms with Crippen molar-refractivity contribution in [1.29, 1.82) is 0 Å². The molecule has 0 radical (unpaired) electrons. The van der Waals surface area contributed by atoms with Crippen LogP contribution in [0.5, 0.6) is 0 Å². The lowest BCUT2D eigenvalue weighted by atomic mass is 10.1. The summed E-state index contributed by atoms with van der Waals surface area (Å²) >= 11 is 0. The zero-order chi connectivity index (χ0) is 12.5. The van der Waals surface area contributed by atoms with E-state index in [1.807, 2.05) is 0 Å². The molecule has 0 heterocycles. The number of aromatic carboxylic acids is 1. The molecule has 0 fully saturated rings. The molecular formula is C9H6F3NO3. The summed E-state index contributed by atoms with van der Waals surface area (Å²) in [6.07, 6.45) is 0. The van der Waals surface area contributed by atoms with Crippen molar-refractivity contribution < 1.29 is 27.9 Å². The van der Waals surface area contributed by atoms with E-state index in [9.17, 15) is 22.8 Å². The first-order valence-corrected chi connectivity index (χ1v) is 4.04. The van der Waals surface area contributed by atoms with Crippen molar-refractivity contribution >= 4 is 11.8 Å². The molecule has 0 aliphatic rings. The molecule has 0 amide bonds. The molecule has 0 aliphatic heterocycles. The second kappa shape index (κ2) is 4.31. The van der Waals surface area contributed by atoms with Gasteiger partial charge in [-0.2, -0.15) is 0 Å². The van der Waals surface area contributed by atoms with Gasteiger partial charge in [-0.15, -0.1) is 0 Å². The number of nitrogens with two attached hydrogens (primary N) is 1. The molecule has 1 aromatic carbocycles. The van der Waals surface area contributed by atoms with E-state index in [4.69, 9.17) is 10.8 Å². The van der Waals surface area contributed by atoms with Crippen LogP contribution >= 0.6 is 0 Å². The van der Waals surface area contributed by atoms with Gasteiger partial charge in [-0.25, -0.2) is 18.0 Å². The second-order valence-corrected chi connectivity index (χ2v) is 2.84. The van der Waals surface area contributed by atoms with E-state index < -0.39 is 46.9 Å². The van der Waals surface area contributed by atoms with Gasteiger partial charge in [0.1, 0.15) is 11.4 Å². The summed E-state index contributed by atoms with van der Waals surface area (Å²) in [7, 11) is 0. The topological polar surface area (TPSA) is 80.4 Å². The summed E-state index contributed by atoms with van der Waals surface area (Å²) in [5.41, 5.74) is 2.55. The Morgan fingerprint density at radius 3 is 2.25 bits per heavy atom. The van der Waals surface area contributed by atoms with Crippen LogP contribution in [0.4, 0.5) is 13.2 Å². The van der Waals surface area contributed by atoms with Crippen molar-refractivity contribution in [1.82, 2.24) is 0 Å². The number of carbonyl (C=O) groups excluding carboxylic acids is 1. The lowest BCUT2D eigenvalue weighted by Crippen LogP contribution is -2.18. The zero-order valence-electron chi connectivity index (χ0n) is 7.76. The summed E-state index contributed by atoms with van der Waals surface area (Å²) in [4.78, 5) is 21.4. The van der Waals surface area contributed by atoms with Gasteiger partial charge in [-0.1, -0.05) is 0 Å². The minimum absolute atomic E-state index is 0.317. The Morgan fingerprint density at radius 1 is 1.25 bits per heavy atom. The van der Waals surface area contributed by atoms with Crippen LogP contribution in [-0.4, -0.2) is 23.4 Å². The maximum Gasteiger partial charge on any atom is 0.341 e. The van der Waals surface area contributed by atoms with Crippen molar-refractivity contribution in [3.8, 4) is 0 Å². The molecule has 0 saturated heterocycles. The third-order valence-electron chi connectivity index (χ3n) is 1.86. The number of Topliss-reactive ketones (excluding diaryl/α,β-unsaturated/α-hetero) is 1. The average molecular weight is 233 g/mol. The molecular weight excluding hydrogens is 227 g/mol. The van der Waals surface area contributed by atoms with Crippen LogP contribution < -0.4 is 5.73 Å². The number of hydrogen-bond donors (Lipinski definition) is 2. The van der Waals surface area contributed by atoms with Crippen LogP contribution in [0.1, 0.15) is 20.7 Å². The summed E-state index contributed by atoms with van der Waals surface area (Å²) in [5, 5.41) is 8.40. The van der Waals surface area contributed by atoms with Gasteiger partial charge in [0.2, 0.25) is 0 Å². The van der Waals surface area contributed by atoms with Gasteiger partial charge < -0.3 is 10.8 Å². The highest BCUT2D eigenvalue weighted by molar-refractivity contribution is 5.99. The lowest BCUT2D eigenvalue weighted by molar-refractivity contribution is 0.0684. The Morgan fingerprint density at radius 2 is 1.81 bits per heavy atom. The first-order chi connectivity index (χ1) is 7.40. The number of carbonyl (C=O) groups is 2. The van der Waals surface area contributed by atoms with E-state index in [0.29, 0.717) is 6.07 Å². The van der Waals surface area contributed by atoms with Crippen LogP contribution in [0, 0.1) is 17.5 Å². The molecule has 16 heavy (non-hydrogen) atoms. The Labute approximate surface area is 87.5 Å². The number of hydrogen-bond acceptors (Lipinski definition) is 3. The monoisotopic (exact) mass is 233 g/mol. The molecule has 3 N–H and O–H groups in total. The van der Waals surface area contributed by atoms with Crippen LogP contribution in [0.15, 0.2) is 6.07 Å². The van der Waals surface area contributed by atoms with E-state index in [2.05, 4.69) is 0 Å². The van der Waals surface area contributed by atoms with Crippen molar-refractivity contribution in [3.05, 3.63) is 34.6 Å². The molecule has 0 saturated carbocycles. The fourth-order valence-electron chi connectivity index (χ4n) is 1.10. The Bertz CT molecular complexity index is 474. The summed E-state index contributed by atoms with van der Waals surface area (Å²) in [6.45, 7) is -0.637. The predicted molar refractivity (Wildman–Crippen MR) is 46.7 cm³/mol. The predicted octanol–water partition coefficient (Wildman–Crippen LogP) is 0.944. The number of halogens is 3. The van der Waals surface area contributed by atoms with Crippen molar-refractivity contribution in [2.75, 3.05) is 6.54 Å². The molecule has 0 bridgehead atoms. The normalized spacial score (nSPS) is 10.2. The Balaban J connectivity index is 3.51. The van der Waals surface area contributed by atoms with E-state index >= 15 is 0 Å². The van der Waals surface area contributed by atoms with Crippen LogP contribution in [-0.2, 0) is 0 Å². The number of rotatable bonds is 3. The maximum absolute atomic E-state index is 13.2. The fraction of sp³-hybridized carbons (Fsp3) is 0.111. The third-order valence-corrected chi connectivity index (χ3v) is 1.86. The van der Waals surface area contributed by atoms with Gasteiger partial charge in [-0.05, 0) is 6.07 Å². The maximum atomic E-state index is 13.2. The van der Waals surface area contributed by atoms with Gasteiger partial charge in [0, 0.05) is 0 Å². The van der Waals surface area contributed by atoms with E-state index in [0.717, 1.165) is 0 Å². The first kappa shape index (κ1) is 12.2. The molecule has 4 nitrogen and oxygen atoms in total. The van der Waals surface area contributed by atoms with Crippen LogP contribution in [0.3, 0.4) is 0 Å². The van der Waals surface area contributed by atoms with Crippen molar-refractivity contribution in [2.45, 2.75) is 0 Å². The minimum atomic E-state index is -1.96. The molecule has 1 rings (SSSR count). The highest BCUT2D eigenvalue weighted by Gasteiger charge is 2.25. The molecule has 0 aliphatic carbocycles. The first-order valence-electron chi connectivity index (χ1n) is 4.04. The number of carboxylic acid groups (broad SMARTS) is 1. The Hall–Kier alpha value is -1.89. The second-order valence-electron chi connectivity index (χ2n) is 2.84. The van der Waals surface area contributed by atoms with Gasteiger partial charge in [0.05, 0.1) is 12.1 Å². The summed E-state index contributed by atoms with van der Waals surface area (Å²) in [5.74, 6) is -8.13. The molecule has 0 unspecified atom stereocenters. The highest BCUT2D eigenvalue weighted by Crippen LogP contribution is 2.20. The average Bonchev–Trinajstić information content (AvgIpc) is 2.22. The van der Waals surface area contributed by atoms with Crippen molar-refractivity contribution in [3.63, 3.8) is 0 Å². The smallest absolute Gasteiger partial charge is 0.341 e. The molecule has 0 spiro atoms. The quantitative estimate of drug-likeness (QED) is 0.601. The number of benzene rings is 1. The van der Waals surface area contributed by atoms with Crippen LogP contribution in [0.2, 0.25) is 0 Å². The number of ketones is 1. The van der Waals surface area contributed by atoms with Gasteiger partial charge in [0.15, 0.2) is 17.4 Å². The third kappa shape index (κ3) is 1.89. The lowest BCUT2D eigenvalue weighted by Gasteiger charge is -2.05. The molecule has 86 valence electrons. The standard InChI is InChI=1S/C9H6F3NO3/c10-4-1-3(5(14)2-13)7(11)8(12)6(4)9(15)16/h1H,2,13H2,(H,15,16). The largest absolute Gasteiger partial charge is 0.477 e. The van der Waals surface area contributed by atoms with Gasteiger partial charge >= 0.3 is 5.97 Å². The van der Waals surface area contributed by atoms with Crippen molar-refractivity contribution in [2.24, 2.45) is 5.73 Å². The number of carboxylic acids is 1. The minimum Gasteiger partial charge on any atom is -0.477 e. The Kier molecular flexibility index (Phi) is 3.28. The summed E-state index contributed by atoms with van der Waals surface area (Å²) < 4.78 is 39.3. The van der Waals surface area contributed by atoms with E-state index in [1.54, 1.807) is 0 Å². The van der Waals surface area contributed by atoms with Crippen LogP contribution in [0.25, 0.3) is 0 Å². The van der Waals surface area contributed by atoms with E-state index in [-0.39, 0.29) is 0 Å². The van der Waals surface area contributed by atoms with Gasteiger partial charge in [0.25, 0.3) is 0 Å². The van der Waals surface area contributed by atoms with Gasteiger partial charge in [-0.3, -0.25) is 4.79 Å². The molecule has 0 atom stereocenters. The highest BCUT2D eigenvalue weighted by atomic mass is 19.2. The zero-order valence-corrected chi connectivity index (χ0v) is 7.76. The SMILES string of the molecule is NCC(=O)c1cc(F)c(C(=O)O)c(F)c1F. The molecule has 0 aromatic heterocycles. The molecule has 1 aromatic rings. The molecule has 7 heteroatoms.